The van der Waals surface area contributed by atoms with Crippen LogP contribution in [0.3, 0.4) is 0 Å². The van der Waals surface area contributed by atoms with Crippen molar-refractivity contribution in [2.45, 2.75) is 13.8 Å². The Hall–Kier alpha value is -1.87. The molecule has 1 aromatic heterocycles. The lowest BCUT2D eigenvalue weighted by atomic mass is 10.1. The second-order valence-corrected chi connectivity index (χ2v) is 4.96. The Morgan fingerprint density at radius 3 is 2.79 bits per heavy atom. The molecule has 0 bridgehead atoms. The van der Waals surface area contributed by atoms with Crippen molar-refractivity contribution in [1.29, 1.82) is 0 Å². The van der Waals surface area contributed by atoms with Crippen molar-refractivity contribution in [2.75, 3.05) is 6.61 Å². The number of rotatable bonds is 3. The van der Waals surface area contributed by atoms with Crippen molar-refractivity contribution in [2.24, 2.45) is 0 Å². The summed E-state index contributed by atoms with van der Waals surface area (Å²) in [5.74, 6) is -0.414. The van der Waals surface area contributed by atoms with Gasteiger partial charge in [-0.05, 0) is 32.0 Å². The summed E-state index contributed by atoms with van der Waals surface area (Å²) in [6, 6.07) is 7.51. The van der Waals surface area contributed by atoms with Crippen molar-refractivity contribution in [3.8, 4) is 0 Å². The van der Waals surface area contributed by atoms with E-state index in [1.54, 1.807) is 6.07 Å². The summed E-state index contributed by atoms with van der Waals surface area (Å²) >= 11 is 5.60. The summed E-state index contributed by atoms with van der Waals surface area (Å²) in [5, 5.41) is 1.08. The first-order valence-electron chi connectivity index (χ1n) is 5.86. The van der Waals surface area contributed by atoms with Gasteiger partial charge in [0.1, 0.15) is 6.61 Å². The molecule has 1 heterocycles. The lowest BCUT2D eigenvalue weighted by Gasteiger charge is -2.08. The van der Waals surface area contributed by atoms with Crippen molar-refractivity contribution in [3.63, 3.8) is 0 Å². The van der Waals surface area contributed by atoms with E-state index >= 15 is 0 Å². The van der Waals surface area contributed by atoms with Gasteiger partial charge in [0.05, 0.1) is 11.1 Å². The van der Waals surface area contributed by atoms with Crippen LogP contribution >= 0.6 is 11.6 Å². The van der Waals surface area contributed by atoms with Gasteiger partial charge in [0, 0.05) is 16.1 Å². The fourth-order valence-corrected chi connectivity index (χ4v) is 1.92. The average Bonchev–Trinajstić information content (AvgIpc) is 2.35. The molecule has 2 aromatic rings. The van der Waals surface area contributed by atoms with Crippen LogP contribution < -0.4 is 0 Å². The molecule has 0 fully saturated rings. The monoisotopic (exact) mass is 275 g/mol. The van der Waals surface area contributed by atoms with Crippen LogP contribution in [0.15, 0.2) is 35.9 Å². The molecule has 0 saturated carbocycles. The molecule has 0 aliphatic rings. The molecule has 19 heavy (non-hydrogen) atoms. The van der Waals surface area contributed by atoms with E-state index in [2.05, 4.69) is 11.6 Å². The molecule has 98 valence electrons. The molecule has 0 saturated heterocycles. The van der Waals surface area contributed by atoms with Gasteiger partial charge >= 0.3 is 5.97 Å². The van der Waals surface area contributed by atoms with E-state index in [-0.39, 0.29) is 6.61 Å². The number of carbonyl (C=O) groups is 1. The second kappa shape index (κ2) is 5.41. The number of hydrogen-bond donors (Lipinski definition) is 0. The van der Waals surface area contributed by atoms with Crippen LogP contribution in [-0.2, 0) is 4.74 Å². The predicted octanol–water partition coefficient (Wildman–Crippen LogP) is 3.76. The smallest absolute Gasteiger partial charge is 0.339 e. The first-order valence-corrected chi connectivity index (χ1v) is 6.23. The number of halogens is 1. The molecule has 1 aromatic carbocycles. The Bertz CT molecular complexity index is 664. The van der Waals surface area contributed by atoms with E-state index < -0.39 is 5.97 Å². The maximum absolute atomic E-state index is 12.1. The molecular formula is C15H14ClNO2. The minimum atomic E-state index is -0.414. The fourth-order valence-electron chi connectivity index (χ4n) is 1.86. The zero-order chi connectivity index (χ0) is 14.0. The summed E-state index contributed by atoms with van der Waals surface area (Å²) in [7, 11) is 0. The third kappa shape index (κ3) is 3.12. The summed E-state index contributed by atoms with van der Waals surface area (Å²) in [5.41, 5.74) is 3.12. The summed E-state index contributed by atoms with van der Waals surface area (Å²) in [4.78, 5) is 16.5. The zero-order valence-electron chi connectivity index (χ0n) is 10.9. The highest BCUT2D eigenvalue weighted by Crippen LogP contribution is 2.21. The van der Waals surface area contributed by atoms with Gasteiger partial charge in [0.15, 0.2) is 0 Å². The maximum atomic E-state index is 12.1. The zero-order valence-corrected chi connectivity index (χ0v) is 11.6. The fraction of sp³-hybridized carbons (Fsp3) is 0.200. The van der Waals surface area contributed by atoms with Gasteiger partial charge in [-0.3, -0.25) is 4.98 Å². The number of esters is 1. The number of aromatic nitrogens is 1. The minimum absolute atomic E-state index is 0.00900. The molecule has 2 rings (SSSR count). The van der Waals surface area contributed by atoms with Crippen LogP contribution in [0.1, 0.15) is 21.6 Å². The number of fused-ring (bicyclic) bond motifs is 1. The molecule has 0 amide bonds. The molecule has 0 aliphatic carbocycles. The highest BCUT2D eigenvalue weighted by atomic mass is 35.5. The van der Waals surface area contributed by atoms with Crippen LogP contribution in [-0.4, -0.2) is 17.6 Å². The number of carbonyl (C=O) groups excluding carboxylic acids is 1. The SMILES string of the molecule is C=C(Cl)COC(=O)c1cc(C)nc2ccc(C)cc12. The molecule has 3 nitrogen and oxygen atoms in total. The van der Waals surface area contributed by atoms with Gasteiger partial charge in [-0.1, -0.05) is 29.8 Å². The van der Waals surface area contributed by atoms with E-state index in [4.69, 9.17) is 16.3 Å². The lowest BCUT2D eigenvalue weighted by molar-refractivity contribution is 0.0548. The quantitative estimate of drug-likeness (QED) is 0.801. The molecule has 0 unspecified atom stereocenters. The third-order valence-corrected chi connectivity index (χ3v) is 2.78. The highest BCUT2D eigenvalue weighted by Gasteiger charge is 2.13. The predicted molar refractivity (Wildman–Crippen MR) is 76.5 cm³/mol. The number of nitrogens with zero attached hydrogens (tertiary/aromatic N) is 1. The van der Waals surface area contributed by atoms with Crippen LogP contribution in [0.2, 0.25) is 0 Å². The third-order valence-electron chi connectivity index (χ3n) is 2.67. The number of ether oxygens (including phenoxy) is 1. The van der Waals surface area contributed by atoms with E-state index in [1.807, 2.05) is 32.0 Å². The number of aryl methyl sites for hydroxylation is 2. The Morgan fingerprint density at radius 2 is 2.11 bits per heavy atom. The summed E-state index contributed by atoms with van der Waals surface area (Å²) in [6.07, 6.45) is 0. The lowest BCUT2D eigenvalue weighted by Crippen LogP contribution is -2.08. The molecule has 4 heteroatoms. The number of pyridine rings is 1. The summed E-state index contributed by atoms with van der Waals surface area (Å²) in [6.45, 7) is 7.31. The van der Waals surface area contributed by atoms with Gasteiger partial charge in [-0.25, -0.2) is 4.79 Å². The molecule has 0 aliphatic heterocycles. The van der Waals surface area contributed by atoms with Crippen molar-refractivity contribution in [1.82, 2.24) is 4.98 Å². The largest absolute Gasteiger partial charge is 0.456 e. The van der Waals surface area contributed by atoms with Crippen LogP contribution in [0.4, 0.5) is 0 Å². The second-order valence-electron chi connectivity index (χ2n) is 4.43. The van der Waals surface area contributed by atoms with Crippen molar-refractivity contribution < 1.29 is 9.53 Å². The number of benzene rings is 1. The van der Waals surface area contributed by atoms with Crippen molar-refractivity contribution in [3.05, 3.63) is 52.7 Å². The standard InChI is InChI=1S/C15H14ClNO2/c1-9-4-5-14-12(6-9)13(7-11(3)17-14)15(18)19-8-10(2)16/h4-7H,2,8H2,1,3H3. The Balaban J connectivity index is 2.49. The minimum Gasteiger partial charge on any atom is -0.456 e. The number of hydrogen-bond acceptors (Lipinski definition) is 3. The average molecular weight is 276 g/mol. The highest BCUT2D eigenvalue weighted by molar-refractivity contribution is 6.29. The molecule has 0 spiro atoms. The Kier molecular flexibility index (Phi) is 3.86. The first kappa shape index (κ1) is 13.6. The van der Waals surface area contributed by atoms with Gasteiger partial charge in [-0.2, -0.15) is 0 Å². The molecular weight excluding hydrogens is 262 g/mol. The Labute approximate surface area is 116 Å². The van der Waals surface area contributed by atoms with Gasteiger partial charge in [-0.15, -0.1) is 0 Å². The Morgan fingerprint density at radius 1 is 1.37 bits per heavy atom. The van der Waals surface area contributed by atoms with E-state index in [0.29, 0.717) is 10.6 Å². The first-order chi connectivity index (χ1) is 8.97. The van der Waals surface area contributed by atoms with Gasteiger partial charge < -0.3 is 4.74 Å². The summed E-state index contributed by atoms with van der Waals surface area (Å²) < 4.78 is 5.09. The van der Waals surface area contributed by atoms with Gasteiger partial charge in [0.25, 0.3) is 0 Å². The van der Waals surface area contributed by atoms with Crippen molar-refractivity contribution >= 4 is 28.5 Å². The van der Waals surface area contributed by atoms with Crippen LogP contribution in [0.25, 0.3) is 10.9 Å². The van der Waals surface area contributed by atoms with Crippen LogP contribution in [0, 0.1) is 13.8 Å². The normalized spacial score (nSPS) is 10.5. The van der Waals surface area contributed by atoms with E-state index in [9.17, 15) is 4.79 Å². The molecule has 0 N–H and O–H groups in total. The van der Waals surface area contributed by atoms with E-state index in [0.717, 1.165) is 22.2 Å². The molecule has 0 radical (unpaired) electrons. The van der Waals surface area contributed by atoms with Gasteiger partial charge in [0.2, 0.25) is 0 Å². The van der Waals surface area contributed by atoms with E-state index in [1.165, 1.54) is 0 Å². The topological polar surface area (TPSA) is 39.2 Å². The van der Waals surface area contributed by atoms with Crippen LogP contribution in [0.5, 0.6) is 0 Å². The maximum Gasteiger partial charge on any atom is 0.339 e. The molecule has 0 atom stereocenters.